The molecule has 6 nitrogen and oxygen atoms in total. The molecule has 0 aliphatic carbocycles. The molecule has 0 spiro atoms. The fourth-order valence-electron chi connectivity index (χ4n) is 2.96. The quantitative estimate of drug-likeness (QED) is 0.755. The molecule has 4 rings (SSSR count). The van der Waals surface area contributed by atoms with Crippen molar-refractivity contribution in [3.8, 4) is 11.4 Å². The number of hydrogen-bond donors (Lipinski definition) is 1. The van der Waals surface area contributed by atoms with Crippen LogP contribution >= 0.6 is 11.6 Å². The third-order valence-corrected chi connectivity index (χ3v) is 4.90. The van der Waals surface area contributed by atoms with Gasteiger partial charge in [-0.2, -0.15) is 9.97 Å². The summed E-state index contributed by atoms with van der Waals surface area (Å²) in [7, 11) is -1.37. The maximum atomic E-state index is 11.7. The Hall–Kier alpha value is -2.09. The van der Waals surface area contributed by atoms with Gasteiger partial charge in [0.05, 0.1) is 29.0 Å². The molecule has 2 aromatic carbocycles. The summed E-state index contributed by atoms with van der Waals surface area (Å²) in [6.45, 7) is 1.06. The van der Waals surface area contributed by atoms with Crippen LogP contribution in [0, 0.1) is 0 Å². The number of nitrogen functional groups attached to an aromatic ring is 1. The van der Waals surface area contributed by atoms with E-state index in [4.69, 9.17) is 22.1 Å². The standard InChI is InChI=1S/C16H13ClN4O2S/c1-24(22)16-20-14(19-15(18)21-16)13-10-4-2-3-8-6-23-7-9(12(8)10)5-11(13)17/h2-5H,6-7H2,1H3,(H2,18,19,20,21)/t24-/m0/s1. The van der Waals surface area contributed by atoms with Gasteiger partial charge >= 0.3 is 0 Å². The topological polar surface area (TPSA) is 91.0 Å². The van der Waals surface area contributed by atoms with E-state index >= 15 is 0 Å². The summed E-state index contributed by atoms with van der Waals surface area (Å²) in [6, 6.07) is 7.80. The van der Waals surface area contributed by atoms with Gasteiger partial charge in [-0.15, -0.1) is 0 Å². The second-order valence-electron chi connectivity index (χ2n) is 5.48. The third kappa shape index (κ3) is 2.45. The lowest BCUT2D eigenvalue weighted by Crippen LogP contribution is -2.08. The summed E-state index contributed by atoms with van der Waals surface area (Å²) in [5.74, 6) is 0.345. The molecule has 1 aliphatic heterocycles. The number of halogens is 1. The van der Waals surface area contributed by atoms with Crippen molar-refractivity contribution in [2.24, 2.45) is 0 Å². The normalized spacial score (nSPS) is 14.8. The summed E-state index contributed by atoms with van der Waals surface area (Å²) in [4.78, 5) is 12.4. The highest BCUT2D eigenvalue weighted by Crippen LogP contribution is 2.39. The van der Waals surface area contributed by atoms with Gasteiger partial charge in [0, 0.05) is 11.8 Å². The largest absolute Gasteiger partial charge is 0.372 e. The zero-order chi connectivity index (χ0) is 16.8. The van der Waals surface area contributed by atoms with Gasteiger partial charge in [-0.3, -0.25) is 4.21 Å². The van der Waals surface area contributed by atoms with E-state index in [1.807, 2.05) is 24.3 Å². The van der Waals surface area contributed by atoms with Crippen molar-refractivity contribution in [1.82, 2.24) is 15.0 Å². The highest BCUT2D eigenvalue weighted by atomic mass is 35.5. The van der Waals surface area contributed by atoms with Gasteiger partial charge in [-0.25, -0.2) is 4.98 Å². The van der Waals surface area contributed by atoms with Crippen LogP contribution in [-0.2, 0) is 28.8 Å². The van der Waals surface area contributed by atoms with Gasteiger partial charge < -0.3 is 10.5 Å². The van der Waals surface area contributed by atoms with Crippen LogP contribution < -0.4 is 5.73 Å². The Bertz CT molecular complexity index is 1010. The Morgan fingerprint density at radius 1 is 1.21 bits per heavy atom. The number of benzene rings is 2. The van der Waals surface area contributed by atoms with Crippen LogP contribution in [0.25, 0.3) is 22.2 Å². The monoisotopic (exact) mass is 360 g/mol. The lowest BCUT2D eigenvalue weighted by molar-refractivity contribution is 0.103. The highest BCUT2D eigenvalue weighted by Gasteiger charge is 2.21. The van der Waals surface area contributed by atoms with Crippen molar-refractivity contribution in [1.29, 1.82) is 0 Å². The summed E-state index contributed by atoms with van der Waals surface area (Å²) in [5, 5.41) is 2.66. The summed E-state index contributed by atoms with van der Waals surface area (Å²) in [6.07, 6.45) is 1.50. The molecule has 0 amide bonds. The molecule has 0 radical (unpaired) electrons. The zero-order valence-corrected chi connectivity index (χ0v) is 14.3. The van der Waals surface area contributed by atoms with Crippen LogP contribution in [-0.4, -0.2) is 25.4 Å². The molecule has 2 N–H and O–H groups in total. The first-order valence-corrected chi connectivity index (χ1v) is 9.14. The fourth-order valence-corrected chi connectivity index (χ4v) is 3.71. The van der Waals surface area contributed by atoms with E-state index in [0.29, 0.717) is 29.6 Å². The Morgan fingerprint density at radius 3 is 2.79 bits per heavy atom. The van der Waals surface area contributed by atoms with E-state index in [9.17, 15) is 4.21 Å². The third-order valence-electron chi connectivity index (χ3n) is 3.91. The van der Waals surface area contributed by atoms with E-state index in [1.54, 1.807) is 0 Å². The second-order valence-corrected chi connectivity index (χ2v) is 7.16. The Balaban J connectivity index is 2.07. The molecule has 3 aromatic rings. The summed E-state index contributed by atoms with van der Waals surface area (Å²) < 4.78 is 17.3. The van der Waals surface area contributed by atoms with Crippen molar-refractivity contribution in [3.05, 3.63) is 40.4 Å². The summed E-state index contributed by atoms with van der Waals surface area (Å²) in [5.41, 5.74) is 8.55. The lowest BCUT2D eigenvalue weighted by atomic mass is 9.94. The van der Waals surface area contributed by atoms with Crippen LogP contribution in [0.5, 0.6) is 0 Å². The minimum atomic E-state index is -1.37. The molecule has 0 saturated carbocycles. The Labute approximate surface area is 145 Å². The second kappa shape index (κ2) is 5.77. The fraction of sp³-hybridized carbons (Fsp3) is 0.188. The van der Waals surface area contributed by atoms with Crippen LogP contribution in [0.3, 0.4) is 0 Å². The van der Waals surface area contributed by atoms with Crippen molar-refractivity contribution in [2.75, 3.05) is 12.0 Å². The first-order chi connectivity index (χ1) is 11.5. The van der Waals surface area contributed by atoms with E-state index < -0.39 is 10.8 Å². The van der Waals surface area contributed by atoms with E-state index in [1.165, 1.54) is 6.26 Å². The van der Waals surface area contributed by atoms with Crippen LogP contribution in [0.1, 0.15) is 11.1 Å². The minimum absolute atomic E-state index is 0.0186. The molecule has 1 atom stereocenters. The van der Waals surface area contributed by atoms with Crippen molar-refractivity contribution in [2.45, 2.75) is 18.4 Å². The average Bonchev–Trinajstić information content (AvgIpc) is 2.54. The number of nitrogens with zero attached hydrogens (tertiary/aromatic N) is 3. The molecule has 8 heteroatoms. The average molecular weight is 361 g/mol. The van der Waals surface area contributed by atoms with E-state index in [2.05, 4.69) is 15.0 Å². The number of ether oxygens (including phenoxy) is 1. The molecule has 24 heavy (non-hydrogen) atoms. The van der Waals surface area contributed by atoms with Gasteiger partial charge in [0.1, 0.15) is 0 Å². The molecule has 1 aliphatic rings. The number of anilines is 1. The van der Waals surface area contributed by atoms with Crippen molar-refractivity contribution < 1.29 is 8.95 Å². The number of rotatable bonds is 2. The first-order valence-electron chi connectivity index (χ1n) is 7.20. The van der Waals surface area contributed by atoms with Crippen molar-refractivity contribution in [3.63, 3.8) is 0 Å². The van der Waals surface area contributed by atoms with Gasteiger partial charge in [0.15, 0.2) is 5.82 Å². The Morgan fingerprint density at radius 2 is 2.00 bits per heavy atom. The van der Waals surface area contributed by atoms with Crippen LogP contribution in [0.15, 0.2) is 29.4 Å². The Kier molecular flexibility index (Phi) is 3.71. The predicted molar refractivity (Wildman–Crippen MR) is 93.0 cm³/mol. The molecular weight excluding hydrogens is 348 g/mol. The maximum absolute atomic E-state index is 11.7. The zero-order valence-electron chi connectivity index (χ0n) is 12.7. The van der Waals surface area contributed by atoms with Gasteiger partial charge in [0.2, 0.25) is 11.1 Å². The van der Waals surface area contributed by atoms with Gasteiger partial charge in [-0.1, -0.05) is 29.8 Å². The molecule has 2 heterocycles. The number of hydrogen-bond acceptors (Lipinski definition) is 6. The smallest absolute Gasteiger partial charge is 0.224 e. The van der Waals surface area contributed by atoms with Crippen molar-refractivity contribution >= 4 is 39.1 Å². The molecule has 122 valence electrons. The maximum Gasteiger partial charge on any atom is 0.224 e. The minimum Gasteiger partial charge on any atom is -0.372 e. The number of nitrogens with two attached hydrogens (primary N) is 1. The first kappa shape index (κ1) is 15.4. The van der Waals surface area contributed by atoms with Crippen LogP contribution in [0.4, 0.5) is 5.95 Å². The molecule has 0 fully saturated rings. The SMILES string of the molecule is C[S@](=O)c1nc(N)nc(-c2c(Cl)cc3c4c(cccc24)COC3)n1. The van der Waals surface area contributed by atoms with E-state index in [-0.39, 0.29) is 11.1 Å². The van der Waals surface area contributed by atoms with Gasteiger partial charge in [-0.05, 0) is 28.0 Å². The molecule has 0 unspecified atom stereocenters. The lowest BCUT2D eigenvalue weighted by Gasteiger charge is -2.20. The highest BCUT2D eigenvalue weighted by molar-refractivity contribution is 7.84. The van der Waals surface area contributed by atoms with Crippen LogP contribution in [0.2, 0.25) is 5.02 Å². The number of aromatic nitrogens is 3. The summed E-state index contributed by atoms with van der Waals surface area (Å²) >= 11 is 6.51. The molecule has 0 saturated heterocycles. The molecule has 1 aromatic heterocycles. The molecule has 0 bridgehead atoms. The predicted octanol–water partition coefficient (Wildman–Crippen LogP) is 2.70. The van der Waals surface area contributed by atoms with Gasteiger partial charge in [0.25, 0.3) is 0 Å². The molecular formula is C16H13ClN4O2S. The van der Waals surface area contributed by atoms with E-state index in [0.717, 1.165) is 21.9 Å².